The van der Waals surface area contributed by atoms with Crippen LogP contribution in [0.5, 0.6) is 0 Å². The monoisotopic (exact) mass is 271 g/mol. The van der Waals surface area contributed by atoms with Gasteiger partial charge in [0.1, 0.15) is 0 Å². The number of halogens is 3. The maximum Gasteiger partial charge on any atom is 0.194 e. The molecule has 0 aliphatic rings. The van der Waals surface area contributed by atoms with Crippen molar-refractivity contribution in [2.45, 2.75) is 19.3 Å². The highest BCUT2D eigenvalue weighted by atomic mass is 19.2. The van der Waals surface area contributed by atoms with Crippen LogP contribution in [0.2, 0.25) is 0 Å². The summed E-state index contributed by atoms with van der Waals surface area (Å²) in [5.41, 5.74) is -1.04. The van der Waals surface area contributed by atoms with E-state index in [1.807, 2.05) is 0 Å². The zero-order chi connectivity index (χ0) is 14.8. The molecule has 0 saturated heterocycles. The number of carbonyl (C=O) groups is 1. The number of allylic oxidation sites excluding steroid dienone is 1. The standard InChI is InChI=1S/C14H16F3NO/c1-14(2,12(19)5-6-18(3)4)9-7-10(15)13(17)11(16)8-9/h5-8H,1-4H3. The van der Waals surface area contributed by atoms with E-state index < -0.39 is 22.9 Å². The Kier molecular flexibility index (Phi) is 4.39. The number of rotatable bonds is 4. The first-order valence-corrected chi connectivity index (χ1v) is 5.70. The van der Waals surface area contributed by atoms with Crippen molar-refractivity contribution in [2.24, 2.45) is 0 Å². The molecule has 0 radical (unpaired) electrons. The van der Waals surface area contributed by atoms with E-state index in [1.54, 1.807) is 25.2 Å². The van der Waals surface area contributed by atoms with Crippen LogP contribution in [0.15, 0.2) is 24.4 Å². The van der Waals surface area contributed by atoms with Gasteiger partial charge in [-0.2, -0.15) is 0 Å². The molecular weight excluding hydrogens is 255 g/mol. The Morgan fingerprint density at radius 3 is 2.05 bits per heavy atom. The van der Waals surface area contributed by atoms with Crippen molar-refractivity contribution in [3.8, 4) is 0 Å². The van der Waals surface area contributed by atoms with Crippen molar-refractivity contribution in [1.82, 2.24) is 4.90 Å². The fourth-order valence-electron chi connectivity index (χ4n) is 1.48. The van der Waals surface area contributed by atoms with E-state index in [1.165, 1.54) is 19.9 Å². The van der Waals surface area contributed by atoms with Gasteiger partial charge in [0.2, 0.25) is 0 Å². The molecule has 0 amide bonds. The molecule has 0 spiro atoms. The minimum Gasteiger partial charge on any atom is -0.383 e. The highest BCUT2D eigenvalue weighted by Crippen LogP contribution is 2.27. The third-order valence-electron chi connectivity index (χ3n) is 2.85. The lowest BCUT2D eigenvalue weighted by molar-refractivity contribution is -0.118. The number of hydrogen-bond acceptors (Lipinski definition) is 2. The summed E-state index contributed by atoms with van der Waals surface area (Å²) in [6.07, 6.45) is 2.86. The fraction of sp³-hybridized carbons (Fsp3) is 0.357. The van der Waals surface area contributed by atoms with Crippen LogP contribution in [0.3, 0.4) is 0 Å². The average Bonchev–Trinajstić information content (AvgIpc) is 2.31. The predicted octanol–water partition coefficient (Wildman–Crippen LogP) is 3.03. The minimum absolute atomic E-state index is 0.0947. The van der Waals surface area contributed by atoms with E-state index >= 15 is 0 Å². The van der Waals surface area contributed by atoms with Crippen LogP contribution in [0.4, 0.5) is 13.2 Å². The molecule has 0 saturated carbocycles. The van der Waals surface area contributed by atoms with Crippen molar-refractivity contribution < 1.29 is 18.0 Å². The van der Waals surface area contributed by atoms with Crippen LogP contribution >= 0.6 is 0 Å². The Bertz CT molecular complexity index is 498. The molecule has 2 nitrogen and oxygen atoms in total. The smallest absolute Gasteiger partial charge is 0.194 e. The number of carbonyl (C=O) groups excluding carboxylic acids is 1. The van der Waals surface area contributed by atoms with Gasteiger partial charge in [0.05, 0.1) is 5.41 Å². The molecule has 0 unspecified atom stereocenters. The topological polar surface area (TPSA) is 20.3 Å². The first kappa shape index (κ1) is 15.3. The molecule has 0 bridgehead atoms. The average molecular weight is 271 g/mol. The lowest BCUT2D eigenvalue weighted by atomic mass is 9.80. The van der Waals surface area contributed by atoms with Crippen molar-refractivity contribution >= 4 is 5.78 Å². The van der Waals surface area contributed by atoms with Gasteiger partial charge in [-0.3, -0.25) is 4.79 Å². The molecule has 0 aliphatic carbocycles. The van der Waals surface area contributed by atoms with Crippen LogP contribution in [0.1, 0.15) is 19.4 Å². The van der Waals surface area contributed by atoms with Gasteiger partial charge in [-0.05, 0) is 37.6 Å². The third kappa shape index (κ3) is 3.36. The molecular formula is C14H16F3NO. The lowest BCUT2D eigenvalue weighted by Crippen LogP contribution is -2.28. The van der Waals surface area contributed by atoms with Crippen molar-refractivity contribution in [3.63, 3.8) is 0 Å². The van der Waals surface area contributed by atoms with E-state index in [4.69, 9.17) is 0 Å². The molecule has 19 heavy (non-hydrogen) atoms. The van der Waals surface area contributed by atoms with Gasteiger partial charge >= 0.3 is 0 Å². The molecule has 104 valence electrons. The van der Waals surface area contributed by atoms with Gasteiger partial charge < -0.3 is 4.90 Å². The predicted molar refractivity (Wildman–Crippen MR) is 67.2 cm³/mol. The third-order valence-corrected chi connectivity index (χ3v) is 2.85. The van der Waals surface area contributed by atoms with Crippen LogP contribution in [0, 0.1) is 17.5 Å². The van der Waals surface area contributed by atoms with E-state index in [0.29, 0.717) is 0 Å². The van der Waals surface area contributed by atoms with Crippen LogP contribution < -0.4 is 0 Å². The second-order valence-corrected chi connectivity index (χ2v) is 5.02. The summed E-state index contributed by atoms with van der Waals surface area (Å²) in [5.74, 6) is -4.46. The van der Waals surface area contributed by atoms with Gasteiger partial charge in [0, 0.05) is 20.3 Å². The summed E-state index contributed by atoms with van der Waals surface area (Å²) >= 11 is 0. The normalized spacial score (nSPS) is 11.9. The number of ketones is 1. The first-order valence-electron chi connectivity index (χ1n) is 5.70. The van der Waals surface area contributed by atoms with E-state index in [2.05, 4.69) is 0 Å². The molecule has 5 heteroatoms. The van der Waals surface area contributed by atoms with Crippen molar-refractivity contribution in [2.75, 3.05) is 14.1 Å². The molecule has 1 aromatic rings. The largest absolute Gasteiger partial charge is 0.383 e. The van der Waals surface area contributed by atoms with Gasteiger partial charge in [-0.1, -0.05) is 0 Å². The summed E-state index contributed by atoms with van der Waals surface area (Å²) in [5, 5.41) is 0. The summed E-state index contributed by atoms with van der Waals surface area (Å²) in [7, 11) is 3.49. The summed E-state index contributed by atoms with van der Waals surface area (Å²) < 4.78 is 39.3. The molecule has 0 aromatic heterocycles. The molecule has 0 aliphatic heterocycles. The lowest BCUT2D eigenvalue weighted by Gasteiger charge is -2.22. The first-order chi connectivity index (χ1) is 8.66. The van der Waals surface area contributed by atoms with Crippen molar-refractivity contribution in [1.29, 1.82) is 0 Å². The second kappa shape index (κ2) is 5.47. The highest BCUT2D eigenvalue weighted by molar-refractivity contribution is 5.98. The number of hydrogen-bond donors (Lipinski definition) is 0. The minimum atomic E-state index is -1.53. The number of benzene rings is 1. The Hall–Kier alpha value is -1.78. The van der Waals surface area contributed by atoms with Crippen LogP contribution in [-0.2, 0) is 10.2 Å². The summed E-state index contributed by atoms with van der Waals surface area (Å²) in [4.78, 5) is 13.7. The molecule has 0 fully saturated rings. The molecule has 0 atom stereocenters. The zero-order valence-corrected chi connectivity index (χ0v) is 11.3. The maximum absolute atomic E-state index is 13.2. The van der Waals surface area contributed by atoms with Gasteiger partial charge in [-0.25, -0.2) is 13.2 Å². The second-order valence-electron chi connectivity index (χ2n) is 5.02. The molecule has 0 N–H and O–H groups in total. The fourth-order valence-corrected chi connectivity index (χ4v) is 1.48. The molecule has 1 aromatic carbocycles. The van der Waals surface area contributed by atoms with Crippen LogP contribution in [0.25, 0.3) is 0 Å². The Balaban J connectivity index is 3.16. The van der Waals surface area contributed by atoms with Crippen molar-refractivity contribution in [3.05, 3.63) is 47.4 Å². The SMILES string of the molecule is CN(C)C=CC(=O)C(C)(C)c1cc(F)c(F)c(F)c1. The highest BCUT2D eigenvalue weighted by Gasteiger charge is 2.30. The maximum atomic E-state index is 13.2. The Morgan fingerprint density at radius 2 is 1.63 bits per heavy atom. The van der Waals surface area contributed by atoms with E-state index in [9.17, 15) is 18.0 Å². The summed E-state index contributed by atoms with van der Waals surface area (Å²) in [6.45, 7) is 3.06. The van der Waals surface area contributed by atoms with E-state index in [-0.39, 0.29) is 11.3 Å². The Morgan fingerprint density at radius 1 is 1.16 bits per heavy atom. The summed E-state index contributed by atoms with van der Waals surface area (Å²) in [6, 6.07) is 1.69. The van der Waals surface area contributed by atoms with Gasteiger partial charge in [-0.15, -0.1) is 0 Å². The van der Waals surface area contributed by atoms with Crippen LogP contribution in [-0.4, -0.2) is 24.8 Å². The van der Waals surface area contributed by atoms with Gasteiger partial charge in [0.25, 0.3) is 0 Å². The van der Waals surface area contributed by atoms with E-state index in [0.717, 1.165) is 12.1 Å². The molecule has 1 rings (SSSR count). The zero-order valence-electron chi connectivity index (χ0n) is 11.3. The quantitative estimate of drug-likeness (QED) is 0.619. The Labute approximate surface area is 110 Å². The number of nitrogens with zero attached hydrogens (tertiary/aromatic N) is 1. The van der Waals surface area contributed by atoms with Gasteiger partial charge in [0.15, 0.2) is 23.2 Å². The molecule has 0 heterocycles.